The number of ether oxygens (including phenoxy) is 6. The van der Waals surface area contributed by atoms with Gasteiger partial charge in [-0.1, -0.05) is 0 Å². The molecule has 3 saturated heterocycles. The normalized spacial score (nSPS) is 31.5. The molecule has 3 aliphatic rings. The SMILES string of the molecule is CC(=O)CCCCC(=O)N[C@@H](CCC(=O)N[C@@H](CC(=O)NCCO[C@H]1O[C@H](CO)[C@@H](O)[C@H](O)[C@@H]1O)C(=O)NCCO[C@H]1O[C@H](CO)[C@@H](O)[C@H](O)[C@@H]1O)C(=O)NCCO[C@H]1O[C@H](CO)C[C@H](O)[C@@H]1O. The molecule has 0 bridgehead atoms. The summed E-state index contributed by atoms with van der Waals surface area (Å²) in [6.45, 7) is -2.24. The van der Waals surface area contributed by atoms with E-state index in [1.165, 1.54) is 6.92 Å². The Labute approximate surface area is 390 Å². The third-order valence-electron chi connectivity index (χ3n) is 11.0. The van der Waals surface area contributed by atoms with Crippen molar-refractivity contribution in [3.8, 4) is 0 Å². The molecule has 28 heteroatoms. The molecule has 3 heterocycles. The lowest BCUT2D eigenvalue weighted by molar-refractivity contribution is -0.300. The summed E-state index contributed by atoms with van der Waals surface area (Å²) in [5.41, 5.74) is 0. The second-order valence-corrected chi connectivity index (χ2v) is 16.4. The van der Waals surface area contributed by atoms with Gasteiger partial charge in [-0.25, -0.2) is 0 Å². The average molecular weight is 988 g/mol. The molecule has 0 spiro atoms. The van der Waals surface area contributed by atoms with Crippen LogP contribution in [0, 0.1) is 0 Å². The Morgan fingerprint density at radius 3 is 1.49 bits per heavy atom. The summed E-state index contributed by atoms with van der Waals surface area (Å²) in [5, 5.41) is 121. The molecule has 0 saturated carbocycles. The number of aliphatic hydroxyl groups is 11. The van der Waals surface area contributed by atoms with E-state index in [0.29, 0.717) is 12.8 Å². The first-order chi connectivity index (χ1) is 32.3. The van der Waals surface area contributed by atoms with Crippen molar-refractivity contribution in [3.05, 3.63) is 0 Å². The van der Waals surface area contributed by atoms with Crippen LogP contribution in [0.5, 0.6) is 0 Å². The molecule has 0 aromatic rings. The maximum Gasteiger partial charge on any atom is 0.243 e. The van der Waals surface area contributed by atoms with Gasteiger partial charge >= 0.3 is 0 Å². The third-order valence-corrected chi connectivity index (χ3v) is 11.0. The fraction of sp³-hybridized carbons (Fsp3) is 0.850. The Hall–Kier alpha value is -3.66. The summed E-state index contributed by atoms with van der Waals surface area (Å²) in [4.78, 5) is 77.4. The first-order valence-corrected chi connectivity index (χ1v) is 22.3. The van der Waals surface area contributed by atoms with Crippen molar-refractivity contribution in [2.45, 2.75) is 156 Å². The summed E-state index contributed by atoms with van der Waals surface area (Å²) in [7, 11) is 0. The summed E-state index contributed by atoms with van der Waals surface area (Å²) in [6, 6.07) is -2.93. The smallest absolute Gasteiger partial charge is 0.243 e. The number of unbranched alkanes of at least 4 members (excludes halogenated alkanes) is 1. The number of nitrogens with one attached hydrogen (secondary N) is 5. The number of ketones is 1. The fourth-order valence-electron chi connectivity index (χ4n) is 7.10. The maximum atomic E-state index is 13.4. The molecular weight excluding hydrogens is 918 g/mol. The topological polar surface area (TPSA) is 440 Å². The van der Waals surface area contributed by atoms with E-state index < -0.39 is 160 Å². The van der Waals surface area contributed by atoms with Gasteiger partial charge < -0.3 is 116 Å². The van der Waals surface area contributed by atoms with Crippen molar-refractivity contribution in [1.82, 2.24) is 26.6 Å². The van der Waals surface area contributed by atoms with Crippen LogP contribution in [0.3, 0.4) is 0 Å². The molecule has 0 aromatic heterocycles. The van der Waals surface area contributed by atoms with E-state index in [2.05, 4.69) is 26.6 Å². The maximum absolute atomic E-state index is 13.4. The van der Waals surface area contributed by atoms with Gasteiger partial charge in [0.25, 0.3) is 0 Å². The summed E-state index contributed by atoms with van der Waals surface area (Å²) in [5.74, 6) is -4.03. The number of aliphatic hydroxyl groups excluding tert-OH is 11. The van der Waals surface area contributed by atoms with Crippen LogP contribution >= 0.6 is 0 Å². The van der Waals surface area contributed by atoms with Gasteiger partial charge in [0.15, 0.2) is 18.9 Å². The molecule has 0 unspecified atom stereocenters. The second-order valence-electron chi connectivity index (χ2n) is 16.4. The Morgan fingerprint density at radius 2 is 0.985 bits per heavy atom. The van der Waals surface area contributed by atoms with Crippen LogP contribution in [0.1, 0.15) is 58.3 Å². The van der Waals surface area contributed by atoms with Crippen LogP contribution in [0.25, 0.3) is 0 Å². The van der Waals surface area contributed by atoms with Crippen LogP contribution in [-0.2, 0) is 57.2 Å². The average Bonchev–Trinajstić information content (AvgIpc) is 3.31. The molecule has 392 valence electrons. The lowest BCUT2D eigenvalue weighted by Crippen LogP contribution is -2.59. The van der Waals surface area contributed by atoms with Crippen LogP contribution in [0.15, 0.2) is 0 Å². The monoisotopic (exact) mass is 987 g/mol. The highest BCUT2D eigenvalue weighted by Gasteiger charge is 2.45. The van der Waals surface area contributed by atoms with Gasteiger partial charge in [0.1, 0.15) is 72.8 Å². The van der Waals surface area contributed by atoms with Gasteiger partial charge in [-0.2, -0.15) is 0 Å². The second kappa shape index (κ2) is 30.2. The number of carbonyl (C=O) groups excluding carboxylic acids is 6. The predicted molar refractivity (Wildman–Crippen MR) is 224 cm³/mol. The van der Waals surface area contributed by atoms with Gasteiger partial charge in [0.05, 0.1) is 58.3 Å². The van der Waals surface area contributed by atoms with Gasteiger partial charge in [-0.05, 0) is 26.2 Å². The molecule has 5 amide bonds. The van der Waals surface area contributed by atoms with Crippen molar-refractivity contribution >= 4 is 35.3 Å². The molecule has 16 atom stereocenters. The number of carbonyl (C=O) groups is 6. The minimum atomic E-state index is -1.74. The number of rotatable bonds is 29. The van der Waals surface area contributed by atoms with Crippen LogP contribution < -0.4 is 26.6 Å². The zero-order valence-corrected chi connectivity index (χ0v) is 37.6. The Balaban J connectivity index is 1.64. The van der Waals surface area contributed by atoms with Crippen LogP contribution in [0.4, 0.5) is 0 Å². The van der Waals surface area contributed by atoms with E-state index in [-0.39, 0.29) is 70.9 Å². The summed E-state index contributed by atoms with van der Waals surface area (Å²) < 4.78 is 32.1. The lowest BCUT2D eigenvalue weighted by atomic mass is 9.99. The van der Waals surface area contributed by atoms with E-state index in [9.17, 15) is 84.9 Å². The third kappa shape index (κ3) is 18.9. The highest BCUT2D eigenvalue weighted by Crippen LogP contribution is 2.24. The molecule has 0 aliphatic carbocycles. The zero-order chi connectivity index (χ0) is 50.5. The summed E-state index contributed by atoms with van der Waals surface area (Å²) in [6.07, 6.45) is -21.2. The van der Waals surface area contributed by atoms with Crippen LogP contribution in [-0.4, -0.2) is 249 Å². The molecule has 3 aliphatic heterocycles. The minimum absolute atomic E-state index is 0.0351. The van der Waals surface area contributed by atoms with Crippen molar-refractivity contribution in [1.29, 1.82) is 0 Å². The van der Waals surface area contributed by atoms with Gasteiger partial charge in [0.2, 0.25) is 29.5 Å². The number of hydrogen-bond acceptors (Lipinski definition) is 23. The first-order valence-electron chi connectivity index (χ1n) is 22.3. The van der Waals surface area contributed by atoms with Gasteiger partial charge in [-0.3, -0.25) is 24.0 Å². The fourth-order valence-corrected chi connectivity index (χ4v) is 7.10. The largest absolute Gasteiger partial charge is 0.394 e. The highest BCUT2D eigenvalue weighted by atomic mass is 16.7. The van der Waals surface area contributed by atoms with E-state index in [0.717, 1.165) is 0 Å². The Morgan fingerprint density at radius 1 is 0.529 bits per heavy atom. The van der Waals surface area contributed by atoms with Crippen molar-refractivity contribution in [2.24, 2.45) is 0 Å². The first kappa shape index (κ1) is 58.7. The standard InChI is InChI=1S/C40H69N5O23/c1-19(49)4-2-3-5-26(51)44-21(36(61)42-9-12-63-38-29(54)23(50)14-20(16-46)66-38)6-7-27(52)45-22(37(62)43-10-13-65-40-35(60)33(58)31(56)25(18-48)68-40)15-28(53)41-8-11-64-39-34(59)32(57)30(55)24(17-47)67-39/h20-25,29-35,38-40,46-48,50,54-60H,2-18H2,1H3,(H,41,53)(H,42,61)(H,43,62)(H,44,51)(H,45,52)/t20-,21-,22-,23-,24+,25+,29-,30+,31+,32-,33-,34-,35-,38-,39-,40-/m0/s1. The van der Waals surface area contributed by atoms with E-state index >= 15 is 0 Å². The number of hydrogen-bond donors (Lipinski definition) is 16. The molecular formula is C40H69N5O23. The number of amides is 5. The van der Waals surface area contributed by atoms with Gasteiger partial charge in [0, 0.05) is 45.3 Å². The van der Waals surface area contributed by atoms with Crippen molar-refractivity contribution < 1.29 is 113 Å². The molecule has 3 rings (SSSR count). The van der Waals surface area contributed by atoms with Crippen molar-refractivity contribution in [3.63, 3.8) is 0 Å². The zero-order valence-electron chi connectivity index (χ0n) is 37.6. The van der Waals surface area contributed by atoms with Gasteiger partial charge in [-0.15, -0.1) is 0 Å². The minimum Gasteiger partial charge on any atom is -0.394 e. The predicted octanol–water partition coefficient (Wildman–Crippen LogP) is -8.90. The Bertz CT molecular complexity index is 1580. The van der Waals surface area contributed by atoms with Crippen LogP contribution in [0.2, 0.25) is 0 Å². The Kier molecular flexibility index (Phi) is 26.0. The lowest BCUT2D eigenvalue weighted by Gasteiger charge is -2.39. The molecule has 3 fully saturated rings. The highest BCUT2D eigenvalue weighted by molar-refractivity contribution is 5.92. The molecule has 0 aromatic carbocycles. The summed E-state index contributed by atoms with van der Waals surface area (Å²) >= 11 is 0. The molecule has 68 heavy (non-hydrogen) atoms. The van der Waals surface area contributed by atoms with Crippen molar-refractivity contribution in [2.75, 3.05) is 59.3 Å². The van der Waals surface area contributed by atoms with E-state index in [1.807, 2.05) is 0 Å². The quantitative estimate of drug-likeness (QED) is 0.0309. The van der Waals surface area contributed by atoms with E-state index in [1.54, 1.807) is 0 Å². The van der Waals surface area contributed by atoms with E-state index in [4.69, 9.17) is 28.4 Å². The molecule has 16 N–H and O–H groups in total. The molecule has 0 radical (unpaired) electrons. The number of Topliss-reactive ketones (excluding diaryl/α,β-unsaturated/α-hetero) is 1. The molecule has 28 nitrogen and oxygen atoms in total.